The predicted octanol–water partition coefficient (Wildman–Crippen LogP) is 2.30. The largest absolute Gasteiger partial charge is 0.355 e. The minimum Gasteiger partial charge on any atom is -0.355 e. The second-order valence-corrected chi connectivity index (χ2v) is 10.7. The molecule has 11 heteroatoms. The zero-order chi connectivity index (χ0) is 29.3. The molecular weight excluding hydrogens is 516 g/mol. The van der Waals surface area contributed by atoms with Crippen molar-refractivity contribution >= 4 is 36.3 Å². The molecule has 0 aliphatic heterocycles. The average molecular weight is 573 g/mol. The van der Waals surface area contributed by atoms with E-state index in [-0.39, 0.29) is 18.4 Å². The van der Waals surface area contributed by atoms with Gasteiger partial charge < -0.3 is 32.7 Å². The molecular formula is C28H56N6O4S. The van der Waals surface area contributed by atoms with Crippen LogP contribution in [0.3, 0.4) is 0 Å². The van der Waals surface area contributed by atoms with Crippen molar-refractivity contribution in [3.8, 4) is 0 Å². The van der Waals surface area contributed by atoms with Gasteiger partial charge in [0.15, 0.2) is 0 Å². The van der Waals surface area contributed by atoms with Gasteiger partial charge in [0.25, 0.3) is 0 Å². The lowest BCUT2D eigenvalue weighted by molar-refractivity contribution is -0.130. The first-order valence-corrected chi connectivity index (χ1v) is 15.5. The maximum Gasteiger partial charge on any atom is 0.243 e. The molecule has 228 valence electrons. The summed E-state index contributed by atoms with van der Waals surface area (Å²) in [6, 6.07) is -1.22. The molecule has 0 heterocycles. The predicted molar refractivity (Wildman–Crippen MR) is 161 cm³/mol. The smallest absolute Gasteiger partial charge is 0.243 e. The van der Waals surface area contributed by atoms with Crippen LogP contribution in [0.2, 0.25) is 0 Å². The van der Waals surface area contributed by atoms with Crippen LogP contribution in [0, 0.1) is 0 Å². The molecule has 0 saturated heterocycles. The molecule has 0 aromatic heterocycles. The lowest BCUT2D eigenvalue weighted by Gasteiger charge is -2.24. The third-order valence-corrected chi connectivity index (χ3v) is 7.17. The molecule has 0 aliphatic rings. The van der Waals surface area contributed by atoms with Crippen molar-refractivity contribution in [1.82, 2.24) is 21.3 Å². The summed E-state index contributed by atoms with van der Waals surface area (Å²) in [6.45, 7) is 5.58. The van der Waals surface area contributed by atoms with Crippen molar-refractivity contribution in [3.05, 3.63) is 0 Å². The van der Waals surface area contributed by atoms with E-state index < -0.39 is 29.1 Å². The fourth-order valence-electron chi connectivity index (χ4n) is 4.16. The van der Waals surface area contributed by atoms with Gasteiger partial charge in [-0.3, -0.25) is 19.2 Å². The molecule has 0 fully saturated rings. The molecule has 3 atom stereocenters. The van der Waals surface area contributed by atoms with Crippen molar-refractivity contribution in [3.63, 3.8) is 0 Å². The van der Waals surface area contributed by atoms with E-state index >= 15 is 0 Å². The van der Waals surface area contributed by atoms with Crippen LogP contribution in [0.25, 0.3) is 0 Å². The number of carbonyl (C=O) groups is 4. The number of hydrogen-bond acceptors (Lipinski definition) is 7. The van der Waals surface area contributed by atoms with Crippen LogP contribution in [0.5, 0.6) is 0 Å². The quantitative estimate of drug-likeness (QED) is 0.0654. The Hall–Kier alpha value is -1.85. The third kappa shape index (κ3) is 19.8. The standard InChI is InChI=1S/C28H56N6O4S/c1-3-5-7-9-17-24(35)34-23(16-11-13-19-30)27(37)32-21-25(36)33-22(15-10-12-18-29)26(39)28(38)31-20-14-8-6-4-2/h22-23,26,39H,3-21,29-30H2,1-2H3,(H,31,38)(H,32,37)(H,33,36)(H,34,35). The lowest BCUT2D eigenvalue weighted by Crippen LogP contribution is -2.52. The number of unbranched alkanes of at least 4 members (excludes halogenated alkanes) is 8. The first-order valence-electron chi connectivity index (χ1n) is 15.0. The molecule has 8 N–H and O–H groups in total. The maximum absolute atomic E-state index is 12.9. The van der Waals surface area contributed by atoms with E-state index in [0.29, 0.717) is 45.3 Å². The Morgan fingerprint density at radius 2 is 1.28 bits per heavy atom. The minimum atomic E-state index is -0.723. The highest BCUT2D eigenvalue weighted by Crippen LogP contribution is 2.11. The molecule has 0 aromatic carbocycles. The lowest BCUT2D eigenvalue weighted by atomic mass is 10.0. The van der Waals surface area contributed by atoms with Gasteiger partial charge >= 0.3 is 0 Å². The molecule has 0 saturated carbocycles. The van der Waals surface area contributed by atoms with Crippen LogP contribution >= 0.6 is 12.6 Å². The van der Waals surface area contributed by atoms with Gasteiger partial charge in [-0.15, -0.1) is 0 Å². The second kappa shape index (κ2) is 25.1. The van der Waals surface area contributed by atoms with E-state index in [1.165, 1.54) is 0 Å². The maximum atomic E-state index is 12.9. The van der Waals surface area contributed by atoms with Crippen molar-refractivity contribution in [2.24, 2.45) is 11.5 Å². The first kappa shape index (κ1) is 37.1. The SMILES string of the molecule is CCCCCCNC(=O)C(S)C(CCCCN)NC(=O)CNC(=O)C(CCCCN)NC(=O)CCCCCC. The summed E-state index contributed by atoms with van der Waals surface area (Å²) in [4.78, 5) is 50.6. The van der Waals surface area contributed by atoms with Gasteiger partial charge in [0.1, 0.15) is 11.3 Å². The van der Waals surface area contributed by atoms with E-state index in [2.05, 4.69) is 47.7 Å². The van der Waals surface area contributed by atoms with Crippen molar-refractivity contribution in [1.29, 1.82) is 0 Å². The van der Waals surface area contributed by atoms with Gasteiger partial charge in [-0.2, -0.15) is 12.6 Å². The number of hydrogen-bond donors (Lipinski definition) is 7. The number of thiol groups is 1. The van der Waals surface area contributed by atoms with Gasteiger partial charge in [0, 0.05) is 19.0 Å². The van der Waals surface area contributed by atoms with Crippen LogP contribution in [-0.2, 0) is 19.2 Å². The topological polar surface area (TPSA) is 168 Å². The van der Waals surface area contributed by atoms with Crippen LogP contribution < -0.4 is 32.7 Å². The molecule has 0 aromatic rings. The number of nitrogens with two attached hydrogens (primary N) is 2. The Morgan fingerprint density at radius 1 is 0.667 bits per heavy atom. The van der Waals surface area contributed by atoms with E-state index in [1.807, 2.05) is 0 Å². The Morgan fingerprint density at radius 3 is 1.90 bits per heavy atom. The molecule has 0 radical (unpaired) electrons. The van der Waals surface area contributed by atoms with Crippen molar-refractivity contribution < 1.29 is 19.2 Å². The van der Waals surface area contributed by atoms with Gasteiger partial charge in [0.2, 0.25) is 23.6 Å². The summed E-state index contributed by atoms with van der Waals surface area (Å²) >= 11 is 4.50. The van der Waals surface area contributed by atoms with Crippen LogP contribution in [0.15, 0.2) is 0 Å². The molecule has 4 amide bonds. The Kier molecular flexibility index (Phi) is 23.9. The zero-order valence-electron chi connectivity index (χ0n) is 24.4. The Balaban J connectivity index is 4.93. The number of rotatable bonds is 25. The summed E-state index contributed by atoms with van der Waals surface area (Å²) in [5.74, 6) is -1.21. The fraction of sp³-hybridized carbons (Fsp3) is 0.857. The van der Waals surface area contributed by atoms with E-state index in [4.69, 9.17) is 11.5 Å². The average Bonchev–Trinajstić information content (AvgIpc) is 2.92. The molecule has 0 aliphatic carbocycles. The van der Waals surface area contributed by atoms with Crippen LogP contribution in [0.4, 0.5) is 0 Å². The molecule has 39 heavy (non-hydrogen) atoms. The summed E-state index contributed by atoms with van der Waals surface area (Å²) in [5, 5.41) is 10.5. The van der Waals surface area contributed by atoms with E-state index in [9.17, 15) is 19.2 Å². The highest BCUT2D eigenvalue weighted by Gasteiger charge is 2.27. The van der Waals surface area contributed by atoms with Gasteiger partial charge in [-0.1, -0.05) is 58.8 Å². The number of carbonyl (C=O) groups excluding carboxylic acids is 4. The fourth-order valence-corrected chi connectivity index (χ4v) is 4.47. The van der Waals surface area contributed by atoms with Gasteiger partial charge in [-0.25, -0.2) is 0 Å². The summed E-state index contributed by atoms with van der Waals surface area (Å²) in [6.07, 6.45) is 12.4. The molecule has 3 unspecified atom stereocenters. The van der Waals surface area contributed by atoms with Crippen molar-refractivity contribution in [2.75, 3.05) is 26.2 Å². The summed E-state index contributed by atoms with van der Waals surface area (Å²) in [5.41, 5.74) is 11.2. The van der Waals surface area contributed by atoms with E-state index in [1.54, 1.807) is 0 Å². The minimum absolute atomic E-state index is 0.165. The van der Waals surface area contributed by atoms with Crippen molar-refractivity contribution in [2.45, 2.75) is 127 Å². The molecule has 0 rings (SSSR count). The second-order valence-electron chi connectivity index (χ2n) is 10.2. The van der Waals surface area contributed by atoms with Gasteiger partial charge in [0.05, 0.1) is 6.54 Å². The number of nitrogens with one attached hydrogen (secondary N) is 4. The summed E-state index contributed by atoms with van der Waals surface area (Å²) in [7, 11) is 0. The Bertz CT molecular complexity index is 682. The normalized spacial score (nSPS) is 13.3. The highest BCUT2D eigenvalue weighted by atomic mass is 32.1. The monoisotopic (exact) mass is 572 g/mol. The van der Waals surface area contributed by atoms with Gasteiger partial charge in [-0.05, 0) is 58.0 Å². The van der Waals surface area contributed by atoms with Crippen LogP contribution in [0.1, 0.15) is 110 Å². The van der Waals surface area contributed by atoms with Crippen LogP contribution in [-0.4, -0.2) is 67.1 Å². The third-order valence-electron chi connectivity index (χ3n) is 6.57. The molecule has 10 nitrogen and oxygen atoms in total. The number of amides is 4. The highest BCUT2D eigenvalue weighted by molar-refractivity contribution is 7.81. The van der Waals surface area contributed by atoms with E-state index in [0.717, 1.165) is 70.6 Å². The molecule has 0 bridgehead atoms. The Labute approximate surface area is 241 Å². The molecule has 0 spiro atoms. The zero-order valence-corrected chi connectivity index (χ0v) is 25.3. The first-order chi connectivity index (χ1) is 18.8. The summed E-state index contributed by atoms with van der Waals surface area (Å²) < 4.78 is 0.